The molecular formula is C11H12FN5O. The number of ether oxygens (including phenoxy) is 1. The van der Waals surface area contributed by atoms with E-state index in [0.29, 0.717) is 5.95 Å². The van der Waals surface area contributed by atoms with E-state index in [1.165, 1.54) is 12.1 Å². The second-order valence-corrected chi connectivity index (χ2v) is 3.70. The average Bonchev–Trinajstić information content (AvgIpc) is 2.31. The summed E-state index contributed by atoms with van der Waals surface area (Å²) < 4.78 is 18.6. The van der Waals surface area contributed by atoms with E-state index in [2.05, 4.69) is 15.0 Å². The standard InChI is InChI=1S/C11H12FN5O/c1-17(2)10-14-9(13)15-11(16-10)18-8-6-4-3-5-7(8)12/h3-6H,1-2H3,(H2,13,14,15,16). The topological polar surface area (TPSA) is 77.2 Å². The Morgan fingerprint density at radius 1 is 1.17 bits per heavy atom. The molecule has 1 aromatic heterocycles. The number of nitrogen functional groups attached to an aromatic ring is 1. The van der Waals surface area contributed by atoms with Crippen LogP contribution < -0.4 is 15.4 Å². The maximum Gasteiger partial charge on any atom is 0.328 e. The Hall–Kier alpha value is -2.44. The first-order valence-corrected chi connectivity index (χ1v) is 5.17. The molecule has 0 saturated carbocycles. The quantitative estimate of drug-likeness (QED) is 0.887. The molecule has 18 heavy (non-hydrogen) atoms. The van der Waals surface area contributed by atoms with Gasteiger partial charge in [0.2, 0.25) is 11.9 Å². The molecule has 1 heterocycles. The lowest BCUT2D eigenvalue weighted by Gasteiger charge is -2.11. The van der Waals surface area contributed by atoms with Crippen LogP contribution in [0, 0.1) is 5.82 Å². The summed E-state index contributed by atoms with van der Waals surface area (Å²) in [6.07, 6.45) is 0. The summed E-state index contributed by atoms with van der Waals surface area (Å²) in [6, 6.07) is 5.93. The van der Waals surface area contributed by atoms with E-state index < -0.39 is 5.82 Å². The molecule has 6 nitrogen and oxygen atoms in total. The lowest BCUT2D eigenvalue weighted by molar-refractivity contribution is 0.410. The van der Waals surface area contributed by atoms with E-state index in [4.69, 9.17) is 10.5 Å². The molecule has 0 aliphatic carbocycles. The highest BCUT2D eigenvalue weighted by Crippen LogP contribution is 2.22. The van der Waals surface area contributed by atoms with Crippen LogP contribution in [0.4, 0.5) is 16.3 Å². The minimum atomic E-state index is -0.497. The summed E-state index contributed by atoms with van der Waals surface area (Å²) in [5.74, 6) is -0.107. The number of hydrogen-bond donors (Lipinski definition) is 1. The summed E-state index contributed by atoms with van der Waals surface area (Å²) in [5, 5.41) is 0. The minimum Gasteiger partial charge on any atom is -0.421 e. The van der Waals surface area contributed by atoms with E-state index in [9.17, 15) is 4.39 Å². The molecule has 0 spiro atoms. The van der Waals surface area contributed by atoms with E-state index in [1.54, 1.807) is 31.1 Å². The van der Waals surface area contributed by atoms with Crippen molar-refractivity contribution < 1.29 is 9.13 Å². The number of rotatable bonds is 3. The SMILES string of the molecule is CN(C)c1nc(N)nc(Oc2ccccc2F)n1. The lowest BCUT2D eigenvalue weighted by atomic mass is 10.3. The highest BCUT2D eigenvalue weighted by molar-refractivity contribution is 5.35. The first-order chi connectivity index (χ1) is 8.56. The first kappa shape index (κ1) is 12.0. The van der Waals surface area contributed by atoms with Crippen LogP contribution in [-0.2, 0) is 0 Å². The maximum absolute atomic E-state index is 13.4. The van der Waals surface area contributed by atoms with Crippen LogP contribution in [0.5, 0.6) is 11.8 Å². The Balaban J connectivity index is 2.32. The molecule has 0 radical (unpaired) electrons. The fourth-order valence-corrected chi connectivity index (χ4v) is 1.23. The second kappa shape index (κ2) is 4.82. The van der Waals surface area contributed by atoms with Gasteiger partial charge in [0.25, 0.3) is 0 Å². The van der Waals surface area contributed by atoms with E-state index in [0.717, 1.165) is 0 Å². The van der Waals surface area contributed by atoms with Crippen molar-refractivity contribution in [2.45, 2.75) is 0 Å². The monoisotopic (exact) mass is 249 g/mol. The van der Waals surface area contributed by atoms with Crippen LogP contribution >= 0.6 is 0 Å². The molecule has 0 bridgehead atoms. The highest BCUT2D eigenvalue weighted by atomic mass is 19.1. The fourth-order valence-electron chi connectivity index (χ4n) is 1.23. The Bertz CT molecular complexity index is 561. The number of benzene rings is 1. The third-order valence-corrected chi connectivity index (χ3v) is 2.06. The second-order valence-electron chi connectivity index (χ2n) is 3.70. The zero-order valence-electron chi connectivity index (χ0n) is 9.96. The van der Waals surface area contributed by atoms with Gasteiger partial charge in [-0.2, -0.15) is 15.0 Å². The highest BCUT2D eigenvalue weighted by Gasteiger charge is 2.10. The van der Waals surface area contributed by atoms with E-state index in [1.807, 2.05) is 0 Å². The number of nitrogens with zero attached hydrogens (tertiary/aromatic N) is 4. The van der Waals surface area contributed by atoms with Gasteiger partial charge in [-0.3, -0.25) is 0 Å². The van der Waals surface area contributed by atoms with Gasteiger partial charge in [0, 0.05) is 14.1 Å². The number of aromatic nitrogens is 3. The summed E-state index contributed by atoms with van der Waals surface area (Å²) in [4.78, 5) is 13.3. The third kappa shape index (κ3) is 2.62. The van der Waals surface area contributed by atoms with Crippen LogP contribution in [0.2, 0.25) is 0 Å². The molecule has 0 aliphatic rings. The van der Waals surface area contributed by atoms with Crippen LogP contribution in [0.1, 0.15) is 0 Å². The van der Waals surface area contributed by atoms with Gasteiger partial charge >= 0.3 is 6.01 Å². The van der Waals surface area contributed by atoms with E-state index >= 15 is 0 Å². The molecule has 2 rings (SSSR count). The van der Waals surface area contributed by atoms with Gasteiger partial charge in [0.1, 0.15) is 0 Å². The third-order valence-electron chi connectivity index (χ3n) is 2.06. The Kier molecular flexibility index (Phi) is 3.22. The fraction of sp³-hybridized carbons (Fsp3) is 0.182. The molecule has 2 N–H and O–H groups in total. The van der Waals surface area contributed by atoms with Crippen molar-refractivity contribution in [2.75, 3.05) is 24.7 Å². The number of nitrogens with two attached hydrogens (primary N) is 1. The van der Waals surface area contributed by atoms with E-state index in [-0.39, 0.29) is 17.7 Å². The molecule has 94 valence electrons. The number of para-hydroxylation sites is 1. The maximum atomic E-state index is 13.4. The van der Waals surface area contributed by atoms with Crippen molar-refractivity contribution in [1.29, 1.82) is 0 Å². The Labute approximate surface area is 103 Å². The van der Waals surface area contributed by atoms with Crippen LogP contribution in [0.15, 0.2) is 24.3 Å². The summed E-state index contributed by atoms with van der Waals surface area (Å²) in [5.41, 5.74) is 5.53. The Morgan fingerprint density at radius 2 is 1.89 bits per heavy atom. The van der Waals surface area contributed by atoms with Crippen molar-refractivity contribution in [2.24, 2.45) is 0 Å². The van der Waals surface area contributed by atoms with Crippen LogP contribution in [0.25, 0.3) is 0 Å². The molecular weight excluding hydrogens is 237 g/mol. The normalized spacial score (nSPS) is 10.2. The van der Waals surface area contributed by atoms with Crippen molar-refractivity contribution in [3.63, 3.8) is 0 Å². The van der Waals surface area contributed by atoms with Gasteiger partial charge in [-0.25, -0.2) is 4.39 Å². The zero-order chi connectivity index (χ0) is 13.1. The molecule has 0 atom stereocenters. The largest absolute Gasteiger partial charge is 0.421 e. The van der Waals surface area contributed by atoms with Gasteiger partial charge in [0.05, 0.1) is 0 Å². The zero-order valence-corrected chi connectivity index (χ0v) is 9.96. The number of hydrogen-bond acceptors (Lipinski definition) is 6. The molecule has 1 aromatic carbocycles. The molecule has 0 amide bonds. The van der Waals surface area contributed by atoms with Crippen LogP contribution in [0.3, 0.4) is 0 Å². The smallest absolute Gasteiger partial charge is 0.328 e. The lowest BCUT2D eigenvalue weighted by Crippen LogP contribution is -2.15. The number of anilines is 2. The van der Waals surface area contributed by atoms with Crippen molar-refractivity contribution in [1.82, 2.24) is 15.0 Å². The van der Waals surface area contributed by atoms with Crippen molar-refractivity contribution in [3.05, 3.63) is 30.1 Å². The first-order valence-electron chi connectivity index (χ1n) is 5.17. The summed E-state index contributed by atoms with van der Waals surface area (Å²) in [6.45, 7) is 0. The van der Waals surface area contributed by atoms with Crippen LogP contribution in [-0.4, -0.2) is 29.0 Å². The van der Waals surface area contributed by atoms with Gasteiger partial charge in [-0.15, -0.1) is 0 Å². The molecule has 2 aromatic rings. The summed E-state index contributed by atoms with van der Waals surface area (Å²) >= 11 is 0. The summed E-state index contributed by atoms with van der Waals surface area (Å²) in [7, 11) is 3.50. The van der Waals surface area contributed by atoms with Gasteiger partial charge in [0.15, 0.2) is 11.6 Å². The van der Waals surface area contributed by atoms with Crippen molar-refractivity contribution in [3.8, 4) is 11.8 Å². The molecule has 0 aliphatic heterocycles. The van der Waals surface area contributed by atoms with Gasteiger partial charge in [-0.05, 0) is 12.1 Å². The predicted molar refractivity (Wildman–Crippen MR) is 65.0 cm³/mol. The molecule has 0 fully saturated rings. The molecule has 0 saturated heterocycles. The Morgan fingerprint density at radius 3 is 2.56 bits per heavy atom. The molecule has 7 heteroatoms. The van der Waals surface area contributed by atoms with Gasteiger partial charge < -0.3 is 15.4 Å². The number of halogens is 1. The molecule has 0 unspecified atom stereocenters. The minimum absolute atomic E-state index is 0.0139. The van der Waals surface area contributed by atoms with Gasteiger partial charge in [-0.1, -0.05) is 12.1 Å². The van der Waals surface area contributed by atoms with Crippen molar-refractivity contribution >= 4 is 11.9 Å². The predicted octanol–water partition coefficient (Wildman–Crippen LogP) is 1.45. The average molecular weight is 249 g/mol.